The zero-order valence-corrected chi connectivity index (χ0v) is 10.8. The molecule has 0 unspecified atom stereocenters. The molecule has 0 spiro atoms. The summed E-state index contributed by atoms with van der Waals surface area (Å²) in [5, 5.41) is 0. The van der Waals surface area contributed by atoms with Crippen LogP contribution in [0.25, 0.3) is 0 Å². The number of hydrogen-bond donors (Lipinski definition) is 0. The van der Waals surface area contributed by atoms with E-state index < -0.39 is 0 Å². The van der Waals surface area contributed by atoms with Gasteiger partial charge in [0.15, 0.2) is 11.6 Å². The van der Waals surface area contributed by atoms with E-state index in [2.05, 4.69) is 6.58 Å². The van der Waals surface area contributed by atoms with Crippen LogP contribution < -0.4 is 0 Å². The normalized spacial score (nSPS) is 12.1. The first-order valence-corrected chi connectivity index (χ1v) is 5.99. The molecular formula is C16H20O2. The lowest BCUT2D eigenvalue weighted by molar-refractivity contribution is -0.115. The molecule has 0 aliphatic rings. The van der Waals surface area contributed by atoms with Gasteiger partial charge in [0.25, 0.3) is 0 Å². The second-order valence-corrected chi connectivity index (χ2v) is 3.62. The lowest BCUT2D eigenvalue weighted by Crippen LogP contribution is -1.88. The first kappa shape index (κ1) is 16.0. The number of hydrogen-bond acceptors (Lipinski definition) is 2. The zero-order chi connectivity index (χ0) is 13.6. The maximum Gasteiger partial charge on any atom is 0.159 e. The summed E-state index contributed by atoms with van der Waals surface area (Å²) in [5.41, 5.74) is 0. The predicted octanol–water partition coefficient (Wildman–Crippen LogP) is 3.73. The van der Waals surface area contributed by atoms with E-state index in [1.807, 2.05) is 37.3 Å². The van der Waals surface area contributed by atoms with Crippen LogP contribution in [0, 0.1) is 0 Å². The Balaban J connectivity index is 3.76. The van der Waals surface area contributed by atoms with Crippen molar-refractivity contribution in [1.82, 2.24) is 0 Å². The van der Waals surface area contributed by atoms with Gasteiger partial charge in [-0.25, -0.2) is 0 Å². The van der Waals surface area contributed by atoms with Crippen molar-refractivity contribution in [3.05, 3.63) is 61.3 Å². The molecule has 0 radical (unpaired) electrons. The summed E-state index contributed by atoms with van der Waals surface area (Å²) in [6.07, 6.45) is 17.2. The Hall–Kier alpha value is -1.96. The van der Waals surface area contributed by atoms with Crippen molar-refractivity contribution < 1.29 is 9.59 Å². The fourth-order valence-electron chi connectivity index (χ4n) is 1.11. The van der Waals surface area contributed by atoms with Crippen molar-refractivity contribution in [2.24, 2.45) is 0 Å². The quantitative estimate of drug-likeness (QED) is 0.457. The molecule has 0 aromatic carbocycles. The fraction of sp³-hybridized carbons (Fsp3) is 0.250. The van der Waals surface area contributed by atoms with Crippen LogP contribution in [0.5, 0.6) is 0 Å². The molecule has 0 aliphatic carbocycles. The number of allylic oxidation sites excluding steroid dienone is 9. The average Bonchev–Trinajstić information content (AvgIpc) is 2.37. The van der Waals surface area contributed by atoms with Gasteiger partial charge < -0.3 is 0 Å². The standard InChI is InChI=1S/C16H20O2/c1-3-5-9-13-16(18)14-11-8-6-7-10-12-15(17)4-2/h3-9,11,13H,2,10,12,14H2,1H3. The minimum atomic E-state index is 0.0490. The number of ketones is 2. The van der Waals surface area contributed by atoms with Crippen LogP contribution >= 0.6 is 0 Å². The van der Waals surface area contributed by atoms with Crippen molar-refractivity contribution in [3.8, 4) is 0 Å². The minimum Gasteiger partial charge on any atom is -0.295 e. The molecule has 0 rings (SSSR count). The molecule has 0 aliphatic heterocycles. The van der Waals surface area contributed by atoms with E-state index in [1.54, 1.807) is 18.2 Å². The molecule has 0 atom stereocenters. The van der Waals surface area contributed by atoms with Crippen molar-refractivity contribution in [2.75, 3.05) is 0 Å². The molecule has 18 heavy (non-hydrogen) atoms. The first-order chi connectivity index (χ1) is 8.70. The predicted molar refractivity (Wildman–Crippen MR) is 76.3 cm³/mol. The van der Waals surface area contributed by atoms with Gasteiger partial charge in [0.1, 0.15) is 0 Å². The van der Waals surface area contributed by atoms with Crippen molar-refractivity contribution in [1.29, 1.82) is 0 Å². The van der Waals surface area contributed by atoms with Crippen molar-refractivity contribution in [3.63, 3.8) is 0 Å². The molecule has 2 nitrogen and oxygen atoms in total. The number of carbonyl (C=O) groups is 2. The minimum absolute atomic E-state index is 0.0490. The summed E-state index contributed by atoms with van der Waals surface area (Å²) in [4.78, 5) is 22.2. The summed E-state index contributed by atoms with van der Waals surface area (Å²) in [7, 11) is 0. The summed E-state index contributed by atoms with van der Waals surface area (Å²) in [6, 6.07) is 0. The van der Waals surface area contributed by atoms with Crippen molar-refractivity contribution in [2.45, 2.75) is 26.2 Å². The second kappa shape index (κ2) is 11.5. The van der Waals surface area contributed by atoms with Crippen LogP contribution in [-0.2, 0) is 9.59 Å². The molecule has 0 saturated carbocycles. The largest absolute Gasteiger partial charge is 0.295 e. The maximum absolute atomic E-state index is 11.3. The van der Waals surface area contributed by atoms with E-state index in [0.717, 1.165) is 0 Å². The van der Waals surface area contributed by atoms with E-state index in [4.69, 9.17) is 0 Å². The summed E-state index contributed by atoms with van der Waals surface area (Å²) < 4.78 is 0. The lowest BCUT2D eigenvalue weighted by Gasteiger charge is -1.88. The topological polar surface area (TPSA) is 34.1 Å². The molecule has 0 amide bonds. The Labute approximate surface area is 109 Å². The maximum atomic E-state index is 11.3. The third-order valence-electron chi connectivity index (χ3n) is 2.07. The lowest BCUT2D eigenvalue weighted by atomic mass is 10.2. The SMILES string of the molecule is C=CC(=O)CCC=CC=CCC(=O)C=CC=CC. The smallest absolute Gasteiger partial charge is 0.159 e. The average molecular weight is 244 g/mol. The molecule has 0 aromatic rings. The van der Waals surface area contributed by atoms with Gasteiger partial charge in [-0.05, 0) is 25.5 Å². The van der Waals surface area contributed by atoms with Crippen LogP contribution in [0.4, 0.5) is 0 Å². The van der Waals surface area contributed by atoms with Gasteiger partial charge in [-0.3, -0.25) is 9.59 Å². The highest BCUT2D eigenvalue weighted by Gasteiger charge is 1.91. The number of carbonyl (C=O) groups excluding carboxylic acids is 2. The molecule has 0 N–H and O–H groups in total. The van der Waals surface area contributed by atoms with E-state index >= 15 is 0 Å². The van der Waals surface area contributed by atoms with E-state index in [9.17, 15) is 9.59 Å². The Kier molecular flexibility index (Phi) is 10.3. The van der Waals surface area contributed by atoms with Gasteiger partial charge in [-0.2, -0.15) is 0 Å². The third kappa shape index (κ3) is 10.6. The van der Waals surface area contributed by atoms with Crippen LogP contribution in [-0.4, -0.2) is 11.6 Å². The van der Waals surface area contributed by atoms with Gasteiger partial charge in [-0.1, -0.05) is 49.1 Å². The zero-order valence-electron chi connectivity index (χ0n) is 10.8. The van der Waals surface area contributed by atoms with Crippen molar-refractivity contribution >= 4 is 11.6 Å². The molecule has 0 bridgehead atoms. The van der Waals surface area contributed by atoms with E-state index in [1.165, 1.54) is 6.08 Å². The van der Waals surface area contributed by atoms with Crippen LogP contribution in [0.2, 0.25) is 0 Å². The highest BCUT2D eigenvalue weighted by atomic mass is 16.1. The van der Waals surface area contributed by atoms with Gasteiger partial charge >= 0.3 is 0 Å². The first-order valence-electron chi connectivity index (χ1n) is 5.99. The van der Waals surface area contributed by atoms with Crippen LogP contribution in [0.15, 0.2) is 61.3 Å². The third-order valence-corrected chi connectivity index (χ3v) is 2.07. The molecule has 0 fully saturated rings. The second-order valence-electron chi connectivity index (χ2n) is 3.62. The van der Waals surface area contributed by atoms with Crippen LogP contribution in [0.1, 0.15) is 26.2 Å². The van der Waals surface area contributed by atoms with Gasteiger partial charge in [0.05, 0.1) is 0 Å². The number of rotatable bonds is 9. The Morgan fingerprint density at radius 3 is 2.39 bits per heavy atom. The van der Waals surface area contributed by atoms with Gasteiger partial charge in [-0.15, -0.1) is 0 Å². The Bertz CT molecular complexity index is 382. The Morgan fingerprint density at radius 1 is 1.00 bits per heavy atom. The monoisotopic (exact) mass is 244 g/mol. The summed E-state index contributed by atoms with van der Waals surface area (Å²) in [6.45, 7) is 5.30. The highest BCUT2D eigenvalue weighted by Crippen LogP contribution is 1.95. The van der Waals surface area contributed by atoms with E-state index in [0.29, 0.717) is 19.3 Å². The fourth-order valence-corrected chi connectivity index (χ4v) is 1.11. The summed E-state index contributed by atoms with van der Waals surface area (Å²) in [5.74, 6) is 0.118. The molecule has 0 heterocycles. The molecule has 0 aromatic heterocycles. The van der Waals surface area contributed by atoms with Crippen LogP contribution in [0.3, 0.4) is 0 Å². The van der Waals surface area contributed by atoms with E-state index in [-0.39, 0.29) is 11.6 Å². The molecule has 96 valence electrons. The van der Waals surface area contributed by atoms with Gasteiger partial charge in [0, 0.05) is 12.8 Å². The molecular weight excluding hydrogens is 224 g/mol. The van der Waals surface area contributed by atoms with Gasteiger partial charge in [0.2, 0.25) is 0 Å². The highest BCUT2D eigenvalue weighted by molar-refractivity contribution is 5.91. The molecule has 0 saturated heterocycles. The summed E-state index contributed by atoms with van der Waals surface area (Å²) >= 11 is 0. The molecule has 2 heteroatoms. The Morgan fingerprint density at radius 2 is 1.72 bits per heavy atom.